The molecule has 1 aliphatic rings. The number of aromatic nitrogens is 1. The highest BCUT2D eigenvalue weighted by atomic mass is 16.1. The minimum atomic E-state index is -0.0235. The predicted octanol–water partition coefficient (Wildman–Crippen LogP) is 2.64. The molecule has 3 heteroatoms. The van der Waals surface area contributed by atoms with Gasteiger partial charge >= 0.3 is 0 Å². The third-order valence-corrected chi connectivity index (χ3v) is 3.01. The Morgan fingerprint density at radius 1 is 1.11 bits per heavy atom. The highest BCUT2D eigenvalue weighted by Gasteiger charge is 2.23. The summed E-state index contributed by atoms with van der Waals surface area (Å²) in [5.41, 5.74) is 2.58. The maximum atomic E-state index is 11.8. The highest BCUT2D eigenvalue weighted by molar-refractivity contribution is 5.94. The molecule has 0 unspecified atom stereocenters. The fourth-order valence-corrected chi connectivity index (χ4v) is 1.80. The van der Waals surface area contributed by atoms with Crippen molar-refractivity contribution in [1.29, 1.82) is 0 Å². The third kappa shape index (κ3) is 2.40. The molecule has 1 saturated carbocycles. The first kappa shape index (κ1) is 11.0. The smallest absolute Gasteiger partial charge is 0.253 e. The lowest BCUT2D eigenvalue weighted by molar-refractivity contribution is 0.0951. The van der Waals surface area contributed by atoms with E-state index in [0.717, 1.165) is 24.1 Å². The molecule has 0 radical (unpaired) electrons. The Hall–Kier alpha value is -2.16. The lowest BCUT2D eigenvalue weighted by Gasteiger charge is -2.04. The number of pyridine rings is 1. The summed E-state index contributed by atoms with van der Waals surface area (Å²) in [5, 5.41) is 2.95. The van der Waals surface area contributed by atoms with Crippen LogP contribution in [0.15, 0.2) is 48.7 Å². The van der Waals surface area contributed by atoms with E-state index in [-0.39, 0.29) is 5.91 Å². The van der Waals surface area contributed by atoms with Gasteiger partial charge in [-0.1, -0.05) is 30.3 Å². The van der Waals surface area contributed by atoms with Gasteiger partial charge in [0.25, 0.3) is 5.91 Å². The van der Waals surface area contributed by atoms with Crippen LogP contribution in [0.2, 0.25) is 0 Å². The first-order valence-corrected chi connectivity index (χ1v) is 6.15. The molecular weight excluding hydrogens is 224 g/mol. The second kappa shape index (κ2) is 4.61. The fourth-order valence-electron chi connectivity index (χ4n) is 1.80. The number of amides is 1. The molecule has 18 heavy (non-hydrogen) atoms. The van der Waals surface area contributed by atoms with Crippen LogP contribution in [0.5, 0.6) is 0 Å². The molecule has 1 aliphatic carbocycles. The molecule has 1 fully saturated rings. The van der Waals surface area contributed by atoms with Gasteiger partial charge in [0.05, 0.1) is 11.3 Å². The molecule has 1 aromatic carbocycles. The van der Waals surface area contributed by atoms with Crippen molar-refractivity contribution in [2.45, 2.75) is 18.9 Å². The van der Waals surface area contributed by atoms with E-state index in [1.807, 2.05) is 42.5 Å². The molecule has 90 valence electrons. The van der Waals surface area contributed by atoms with Gasteiger partial charge in [0.2, 0.25) is 0 Å². The second-order valence-corrected chi connectivity index (χ2v) is 4.55. The van der Waals surface area contributed by atoms with Gasteiger partial charge in [0, 0.05) is 17.8 Å². The lowest BCUT2D eigenvalue weighted by Crippen LogP contribution is -2.25. The monoisotopic (exact) mass is 238 g/mol. The van der Waals surface area contributed by atoms with Gasteiger partial charge in [-0.25, -0.2) is 0 Å². The minimum absolute atomic E-state index is 0.0235. The summed E-state index contributed by atoms with van der Waals surface area (Å²) < 4.78 is 0. The van der Waals surface area contributed by atoms with E-state index in [0.29, 0.717) is 11.6 Å². The predicted molar refractivity (Wildman–Crippen MR) is 70.2 cm³/mol. The zero-order valence-electron chi connectivity index (χ0n) is 9.97. The normalized spacial score (nSPS) is 14.2. The number of carbonyl (C=O) groups excluding carboxylic acids is 1. The van der Waals surface area contributed by atoms with Gasteiger partial charge in [0.15, 0.2) is 0 Å². The third-order valence-electron chi connectivity index (χ3n) is 3.01. The Morgan fingerprint density at radius 3 is 2.50 bits per heavy atom. The zero-order chi connectivity index (χ0) is 12.4. The molecule has 1 aromatic heterocycles. The van der Waals surface area contributed by atoms with Crippen molar-refractivity contribution < 1.29 is 4.79 Å². The van der Waals surface area contributed by atoms with Crippen LogP contribution < -0.4 is 5.32 Å². The Bertz CT molecular complexity index is 544. The van der Waals surface area contributed by atoms with E-state index in [2.05, 4.69) is 10.3 Å². The molecule has 1 amide bonds. The van der Waals surface area contributed by atoms with Crippen LogP contribution in [0.4, 0.5) is 0 Å². The molecular formula is C15H14N2O. The number of hydrogen-bond donors (Lipinski definition) is 1. The van der Waals surface area contributed by atoms with Crippen LogP contribution in [-0.4, -0.2) is 16.9 Å². The first-order chi connectivity index (χ1) is 8.83. The molecule has 3 nitrogen and oxygen atoms in total. The fraction of sp³-hybridized carbons (Fsp3) is 0.200. The number of benzene rings is 1. The molecule has 0 saturated heterocycles. The van der Waals surface area contributed by atoms with Gasteiger partial charge in [-0.15, -0.1) is 0 Å². The largest absolute Gasteiger partial charge is 0.349 e. The summed E-state index contributed by atoms with van der Waals surface area (Å²) in [6, 6.07) is 14.0. The molecule has 3 rings (SSSR count). The topological polar surface area (TPSA) is 42.0 Å². The van der Waals surface area contributed by atoms with Crippen molar-refractivity contribution in [3.63, 3.8) is 0 Å². The Morgan fingerprint density at radius 2 is 1.89 bits per heavy atom. The highest BCUT2D eigenvalue weighted by Crippen LogP contribution is 2.20. The molecule has 0 aliphatic heterocycles. The van der Waals surface area contributed by atoms with Crippen LogP contribution in [0.1, 0.15) is 23.2 Å². The summed E-state index contributed by atoms with van der Waals surface area (Å²) in [5.74, 6) is -0.0235. The molecule has 2 aromatic rings. The van der Waals surface area contributed by atoms with E-state index in [9.17, 15) is 4.79 Å². The van der Waals surface area contributed by atoms with E-state index in [1.165, 1.54) is 0 Å². The van der Waals surface area contributed by atoms with Gasteiger partial charge < -0.3 is 5.32 Å². The molecule has 0 bridgehead atoms. The van der Waals surface area contributed by atoms with Crippen LogP contribution in [-0.2, 0) is 0 Å². The Kier molecular flexibility index (Phi) is 2.81. The van der Waals surface area contributed by atoms with Crippen LogP contribution in [0.3, 0.4) is 0 Å². The maximum Gasteiger partial charge on any atom is 0.253 e. The van der Waals surface area contributed by atoms with Crippen LogP contribution >= 0.6 is 0 Å². The number of nitrogens with one attached hydrogen (secondary N) is 1. The number of carbonyl (C=O) groups is 1. The summed E-state index contributed by atoms with van der Waals surface area (Å²) in [6.07, 6.45) is 3.84. The second-order valence-electron chi connectivity index (χ2n) is 4.55. The van der Waals surface area contributed by atoms with E-state index >= 15 is 0 Å². The molecule has 0 spiro atoms. The summed E-state index contributed by atoms with van der Waals surface area (Å²) in [4.78, 5) is 16.1. The van der Waals surface area contributed by atoms with E-state index in [4.69, 9.17) is 0 Å². The van der Waals surface area contributed by atoms with Crippen molar-refractivity contribution in [2.75, 3.05) is 0 Å². The van der Waals surface area contributed by atoms with Gasteiger partial charge in [-0.3, -0.25) is 9.78 Å². The molecule has 0 atom stereocenters. The molecule has 1 N–H and O–H groups in total. The van der Waals surface area contributed by atoms with E-state index in [1.54, 1.807) is 6.20 Å². The molecule has 1 heterocycles. The van der Waals surface area contributed by atoms with Gasteiger partial charge in [0.1, 0.15) is 0 Å². The number of hydrogen-bond acceptors (Lipinski definition) is 2. The Labute approximate surface area is 106 Å². The number of rotatable bonds is 3. The van der Waals surface area contributed by atoms with Crippen molar-refractivity contribution in [1.82, 2.24) is 10.3 Å². The summed E-state index contributed by atoms with van der Waals surface area (Å²) in [7, 11) is 0. The van der Waals surface area contributed by atoms with Gasteiger partial charge in [-0.05, 0) is 25.0 Å². The van der Waals surface area contributed by atoms with Crippen molar-refractivity contribution in [2.24, 2.45) is 0 Å². The van der Waals surface area contributed by atoms with Crippen molar-refractivity contribution >= 4 is 5.91 Å². The SMILES string of the molecule is O=C(NC1CC1)c1ccc(-c2ccccc2)nc1. The van der Waals surface area contributed by atoms with E-state index < -0.39 is 0 Å². The minimum Gasteiger partial charge on any atom is -0.349 e. The zero-order valence-corrected chi connectivity index (χ0v) is 9.97. The lowest BCUT2D eigenvalue weighted by atomic mass is 10.1. The van der Waals surface area contributed by atoms with Gasteiger partial charge in [-0.2, -0.15) is 0 Å². The summed E-state index contributed by atoms with van der Waals surface area (Å²) >= 11 is 0. The van der Waals surface area contributed by atoms with Crippen LogP contribution in [0.25, 0.3) is 11.3 Å². The quantitative estimate of drug-likeness (QED) is 0.893. The van der Waals surface area contributed by atoms with Crippen molar-refractivity contribution in [3.05, 3.63) is 54.2 Å². The average Bonchev–Trinajstić information content (AvgIpc) is 3.24. The van der Waals surface area contributed by atoms with Crippen LogP contribution in [0, 0.1) is 0 Å². The number of nitrogens with zero attached hydrogens (tertiary/aromatic N) is 1. The first-order valence-electron chi connectivity index (χ1n) is 6.15. The Balaban J connectivity index is 1.78. The average molecular weight is 238 g/mol. The summed E-state index contributed by atoms with van der Waals surface area (Å²) in [6.45, 7) is 0. The maximum absolute atomic E-state index is 11.8. The standard InChI is InChI=1S/C15H14N2O/c18-15(17-13-7-8-13)12-6-9-14(16-10-12)11-4-2-1-3-5-11/h1-6,9-10,13H,7-8H2,(H,17,18). The van der Waals surface area contributed by atoms with Crippen molar-refractivity contribution in [3.8, 4) is 11.3 Å².